The van der Waals surface area contributed by atoms with Crippen molar-refractivity contribution in [1.29, 1.82) is 0 Å². The van der Waals surface area contributed by atoms with Gasteiger partial charge in [0.05, 0.1) is 18.4 Å². The molecule has 2 N–H and O–H groups in total. The number of anilines is 3. The van der Waals surface area contributed by atoms with Crippen LogP contribution in [0, 0.1) is 0 Å². The fourth-order valence-corrected chi connectivity index (χ4v) is 4.43. The minimum absolute atomic E-state index is 0.0931. The minimum atomic E-state index is -3.36. The van der Waals surface area contributed by atoms with E-state index < -0.39 is 10.0 Å². The Hall–Kier alpha value is -2.13. The van der Waals surface area contributed by atoms with E-state index in [-0.39, 0.29) is 17.5 Å². The maximum Gasteiger partial charge on any atom is 0.231 e. The lowest BCUT2D eigenvalue weighted by molar-refractivity contribution is -0.115. The molecule has 1 saturated heterocycles. The topological polar surface area (TPSA) is 91.4 Å². The highest BCUT2D eigenvalue weighted by atomic mass is 32.2. The van der Waals surface area contributed by atoms with Gasteiger partial charge in [0, 0.05) is 29.8 Å². The van der Waals surface area contributed by atoms with Gasteiger partial charge in [-0.3, -0.25) is 9.52 Å². The fraction of sp³-hybridized carbons (Fsp3) is 0.412. The maximum absolute atomic E-state index is 12.2. The maximum atomic E-state index is 12.2. The van der Waals surface area contributed by atoms with Gasteiger partial charge in [0.25, 0.3) is 0 Å². The van der Waals surface area contributed by atoms with Crippen LogP contribution in [0.25, 0.3) is 0 Å². The van der Waals surface area contributed by atoms with Crippen LogP contribution in [0.2, 0.25) is 0 Å². The second-order valence-corrected chi connectivity index (χ2v) is 8.94. The van der Waals surface area contributed by atoms with Crippen LogP contribution in [0.4, 0.5) is 16.5 Å². The molecule has 0 spiro atoms. The van der Waals surface area contributed by atoms with Crippen LogP contribution in [-0.4, -0.2) is 38.7 Å². The molecule has 0 unspecified atom stereocenters. The first kappa shape index (κ1) is 18.7. The molecule has 1 aromatic carbocycles. The molecule has 1 aliphatic heterocycles. The summed E-state index contributed by atoms with van der Waals surface area (Å²) in [5, 5.41) is 4.78. The average Bonchev–Trinajstić information content (AvgIpc) is 3.01. The second kappa shape index (κ2) is 8.05. The standard InChI is InChI=1S/C17H22N4O3S2/c1-26(23,24)20-17-19-14(12-25-17)11-16(22)18-13-5-7-15(8-6-13)21-9-3-2-4-10-21/h5-8,12H,2-4,9-11H2,1H3,(H,18,22)(H,19,20). The van der Waals surface area contributed by atoms with E-state index in [1.807, 2.05) is 24.3 Å². The zero-order valence-electron chi connectivity index (χ0n) is 14.6. The van der Waals surface area contributed by atoms with Crippen molar-refractivity contribution in [2.24, 2.45) is 0 Å². The van der Waals surface area contributed by atoms with Crippen LogP contribution < -0.4 is 14.9 Å². The number of carbonyl (C=O) groups is 1. The van der Waals surface area contributed by atoms with Crippen molar-refractivity contribution >= 4 is 43.8 Å². The number of benzene rings is 1. The third-order valence-corrected chi connectivity index (χ3v) is 5.54. The Kier molecular flexibility index (Phi) is 5.77. The highest BCUT2D eigenvalue weighted by Gasteiger charge is 2.12. The number of thiazole rings is 1. The molecule has 0 saturated carbocycles. The van der Waals surface area contributed by atoms with Gasteiger partial charge in [-0.25, -0.2) is 13.4 Å². The molecule has 0 bridgehead atoms. The predicted octanol–water partition coefficient (Wildman–Crippen LogP) is 2.69. The molecule has 26 heavy (non-hydrogen) atoms. The van der Waals surface area contributed by atoms with Crippen molar-refractivity contribution in [3.63, 3.8) is 0 Å². The lowest BCUT2D eigenvalue weighted by Gasteiger charge is -2.28. The van der Waals surface area contributed by atoms with Gasteiger partial charge in [-0.15, -0.1) is 11.3 Å². The van der Waals surface area contributed by atoms with Crippen molar-refractivity contribution in [3.8, 4) is 0 Å². The average molecular weight is 395 g/mol. The summed E-state index contributed by atoms with van der Waals surface area (Å²) in [6.07, 6.45) is 4.90. The summed E-state index contributed by atoms with van der Waals surface area (Å²) in [5.74, 6) is -0.188. The van der Waals surface area contributed by atoms with Gasteiger partial charge < -0.3 is 10.2 Å². The molecule has 2 aromatic rings. The Morgan fingerprint density at radius 3 is 2.54 bits per heavy atom. The minimum Gasteiger partial charge on any atom is -0.372 e. The number of hydrogen-bond acceptors (Lipinski definition) is 6. The number of amides is 1. The van der Waals surface area contributed by atoms with Gasteiger partial charge in [0.1, 0.15) is 0 Å². The lowest BCUT2D eigenvalue weighted by Crippen LogP contribution is -2.29. The van der Waals surface area contributed by atoms with Gasteiger partial charge in [-0.05, 0) is 43.5 Å². The van der Waals surface area contributed by atoms with Gasteiger partial charge in [-0.1, -0.05) is 0 Å². The molecule has 7 nitrogen and oxygen atoms in total. The number of rotatable bonds is 6. The van der Waals surface area contributed by atoms with Crippen LogP contribution in [0.5, 0.6) is 0 Å². The van der Waals surface area contributed by atoms with E-state index in [1.54, 1.807) is 5.38 Å². The number of aromatic nitrogens is 1. The molecule has 140 valence electrons. The van der Waals surface area contributed by atoms with Gasteiger partial charge in [-0.2, -0.15) is 0 Å². The smallest absolute Gasteiger partial charge is 0.231 e. The van der Waals surface area contributed by atoms with Crippen LogP contribution in [0.3, 0.4) is 0 Å². The summed E-state index contributed by atoms with van der Waals surface area (Å²) in [5.41, 5.74) is 2.45. The number of carbonyl (C=O) groups excluding carboxylic acids is 1. The second-order valence-electron chi connectivity index (χ2n) is 6.34. The van der Waals surface area contributed by atoms with Crippen LogP contribution in [0.1, 0.15) is 25.0 Å². The number of nitrogens with one attached hydrogen (secondary N) is 2. The molecule has 1 amide bonds. The van der Waals surface area contributed by atoms with Crippen molar-refractivity contribution in [3.05, 3.63) is 35.3 Å². The van der Waals surface area contributed by atoms with Crippen molar-refractivity contribution < 1.29 is 13.2 Å². The molecule has 0 radical (unpaired) electrons. The van der Waals surface area contributed by atoms with E-state index >= 15 is 0 Å². The Bertz CT molecular complexity index is 856. The largest absolute Gasteiger partial charge is 0.372 e. The highest BCUT2D eigenvalue weighted by Crippen LogP contribution is 2.22. The third kappa shape index (κ3) is 5.43. The quantitative estimate of drug-likeness (QED) is 0.786. The molecular formula is C17H22N4O3S2. The van der Waals surface area contributed by atoms with E-state index in [0.717, 1.165) is 36.4 Å². The first-order valence-corrected chi connectivity index (χ1v) is 11.2. The molecule has 3 rings (SSSR count). The van der Waals surface area contributed by atoms with Gasteiger partial charge in [0.2, 0.25) is 15.9 Å². The fourth-order valence-electron chi connectivity index (χ4n) is 2.87. The van der Waals surface area contributed by atoms with Crippen LogP contribution in [0.15, 0.2) is 29.6 Å². The van der Waals surface area contributed by atoms with E-state index in [4.69, 9.17) is 0 Å². The molecule has 0 aliphatic carbocycles. The molecule has 1 aromatic heterocycles. The van der Waals surface area contributed by atoms with Crippen LogP contribution >= 0.6 is 11.3 Å². The van der Waals surface area contributed by atoms with Crippen molar-refractivity contribution in [1.82, 2.24) is 4.98 Å². The molecule has 2 heterocycles. The number of nitrogens with zero attached hydrogens (tertiary/aromatic N) is 2. The van der Waals surface area contributed by atoms with Gasteiger partial charge in [0.15, 0.2) is 5.13 Å². The molecular weight excluding hydrogens is 372 g/mol. The van der Waals surface area contributed by atoms with E-state index in [9.17, 15) is 13.2 Å². The molecule has 1 fully saturated rings. The normalized spacial score (nSPS) is 14.9. The first-order valence-electron chi connectivity index (χ1n) is 8.46. The Labute approximate surface area is 157 Å². The van der Waals surface area contributed by atoms with E-state index in [1.165, 1.54) is 24.9 Å². The summed E-state index contributed by atoms with van der Waals surface area (Å²) in [6, 6.07) is 7.86. The number of piperidine rings is 1. The number of sulfonamides is 1. The zero-order chi connectivity index (χ0) is 18.6. The third-order valence-electron chi connectivity index (χ3n) is 4.04. The Morgan fingerprint density at radius 2 is 1.88 bits per heavy atom. The van der Waals surface area contributed by atoms with Crippen LogP contribution in [-0.2, 0) is 21.2 Å². The molecule has 1 aliphatic rings. The lowest BCUT2D eigenvalue weighted by atomic mass is 10.1. The van der Waals surface area contributed by atoms with E-state index in [2.05, 4.69) is 19.9 Å². The Balaban J connectivity index is 1.54. The zero-order valence-corrected chi connectivity index (χ0v) is 16.2. The van der Waals surface area contributed by atoms with Crippen molar-refractivity contribution in [2.75, 3.05) is 34.3 Å². The summed E-state index contributed by atoms with van der Waals surface area (Å²) in [6.45, 7) is 2.17. The summed E-state index contributed by atoms with van der Waals surface area (Å²) in [7, 11) is -3.36. The predicted molar refractivity (Wildman–Crippen MR) is 105 cm³/mol. The first-order chi connectivity index (χ1) is 12.4. The summed E-state index contributed by atoms with van der Waals surface area (Å²) in [4.78, 5) is 18.6. The SMILES string of the molecule is CS(=O)(=O)Nc1nc(CC(=O)Nc2ccc(N3CCCCC3)cc2)cs1. The monoisotopic (exact) mass is 394 g/mol. The van der Waals surface area contributed by atoms with Crippen molar-refractivity contribution in [2.45, 2.75) is 25.7 Å². The number of hydrogen-bond donors (Lipinski definition) is 2. The molecule has 0 atom stereocenters. The highest BCUT2D eigenvalue weighted by molar-refractivity contribution is 7.92. The van der Waals surface area contributed by atoms with E-state index in [0.29, 0.717) is 5.69 Å². The Morgan fingerprint density at radius 1 is 1.19 bits per heavy atom. The summed E-state index contributed by atoms with van der Waals surface area (Å²) >= 11 is 1.16. The molecule has 9 heteroatoms. The van der Waals surface area contributed by atoms with Gasteiger partial charge >= 0.3 is 0 Å². The summed E-state index contributed by atoms with van der Waals surface area (Å²) < 4.78 is 24.7.